The van der Waals surface area contributed by atoms with Crippen LogP contribution in [0.15, 0.2) is 23.8 Å². The van der Waals surface area contributed by atoms with E-state index in [1.807, 2.05) is 32.1 Å². The van der Waals surface area contributed by atoms with Crippen LogP contribution in [0.25, 0.3) is 0 Å². The summed E-state index contributed by atoms with van der Waals surface area (Å²) in [6.07, 6.45) is 6.65. The number of aliphatic hydroxyl groups is 1. The van der Waals surface area contributed by atoms with Gasteiger partial charge in [-0.2, -0.15) is 0 Å². The van der Waals surface area contributed by atoms with Crippen molar-refractivity contribution < 1.29 is 5.11 Å². The Kier molecular flexibility index (Phi) is 3.13. The first-order valence-corrected chi connectivity index (χ1v) is 3.19. The molecule has 1 aliphatic carbocycles. The van der Waals surface area contributed by atoms with E-state index in [2.05, 4.69) is 0 Å². The van der Waals surface area contributed by atoms with Crippen molar-refractivity contribution in [1.29, 1.82) is 0 Å². The summed E-state index contributed by atoms with van der Waals surface area (Å²) in [6.45, 7) is 3.78. The lowest BCUT2D eigenvalue weighted by molar-refractivity contribution is 0.101. The quantitative estimate of drug-likeness (QED) is 0.575. The second kappa shape index (κ2) is 3.22. The Hall–Kier alpha value is -0.270. The second-order valence-electron chi connectivity index (χ2n) is 2.76. The van der Waals surface area contributed by atoms with Crippen molar-refractivity contribution in [2.24, 2.45) is 0 Å². The smallest absolute Gasteiger partial charge is 0.0863 e. The summed E-state index contributed by atoms with van der Waals surface area (Å²) in [5.41, 5.74) is 0.458. The minimum atomic E-state index is -0.589. The average molecular weight is 161 g/mol. The third-order valence-electron chi connectivity index (χ3n) is 1.85. The van der Waals surface area contributed by atoms with Crippen LogP contribution in [0.1, 0.15) is 20.3 Å². The molecule has 1 aliphatic rings. The Morgan fingerprint density at radius 2 is 2.20 bits per heavy atom. The van der Waals surface area contributed by atoms with Gasteiger partial charge in [-0.05, 0) is 25.8 Å². The van der Waals surface area contributed by atoms with E-state index < -0.39 is 5.60 Å². The number of rotatable bonds is 0. The molecule has 0 aromatic carbocycles. The summed E-state index contributed by atoms with van der Waals surface area (Å²) >= 11 is 0. The van der Waals surface area contributed by atoms with Crippen LogP contribution >= 0.6 is 12.4 Å². The van der Waals surface area contributed by atoms with Gasteiger partial charge in [-0.15, -0.1) is 12.4 Å². The molecule has 0 amide bonds. The lowest BCUT2D eigenvalue weighted by Gasteiger charge is -2.24. The maximum atomic E-state index is 9.52. The predicted octanol–water partition coefficient (Wildman–Crippen LogP) is 2.07. The zero-order valence-electron chi connectivity index (χ0n) is 6.29. The molecule has 0 aromatic rings. The fourth-order valence-corrected chi connectivity index (χ4v) is 0.850. The lowest BCUT2D eigenvalue weighted by atomic mass is 9.90. The molecule has 0 saturated heterocycles. The third-order valence-corrected chi connectivity index (χ3v) is 1.85. The molecule has 0 spiro atoms. The fraction of sp³-hybridized carbons (Fsp3) is 0.500. The fourth-order valence-electron chi connectivity index (χ4n) is 0.850. The van der Waals surface area contributed by atoms with Crippen LogP contribution in [0.5, 0.6) is 0 Å². The van der Waals surface area contributed by atoms with Crippen LogP contribution in [-0.4, -0.2) is 10.7 Å². The van der Waals surface area contributed by atoms with Crippen molar-refractivity contribution in [1.82, 2.24) is 0 Å². The zero-order chi connectivity index (χ0) is 6.91. The Morgan fingerprint density at radius 1 is 1.60 bits per heavy atom. The molecule has 58 valence electrons. The minimum absolute atomic E-state index is 0. The number of halogens is 1. The SMILES string of the molecule is CC1=CC=CCC1(C)O.Cl. The van der Waals surface area contributed by atoms with E-state index in [4.69, 9.17) is 0 Å². The van der Waals surface area contributed by atoms with Crippen LogP contribution in [-0.2, 0) is 0 Å². The highest BCUT2D eigenvalue weighted by molar-refractivity contribution is 5.85. The van der Waals surface area contributed by atoms with Crippen LogP contribution in [0.3, 0.4) is 0 Å². The van der Waals surface area contributed by atoms with Crippen molar-refractivity contribution in [3.05, 3.63) is 23.8 Å². The van der Waals surface area contributed by atoms with E-state index in [0.717, 1.165) is 12.0 Å². The highest BCUT2D eigenvalue weighted by atomic mass is 35.5. The maximum absolute atomic E-state index is 9.52. The number of allylic oxidation sites excluding steroid dienone is 2. The van der Waals surface area contributed by atoms with Gasteiger partial charge >= 0.3 is 0 Å². The van der Waals surface area contributed by atoms with Gasteiger partial charge in [-0.25, -0.2) is 0 Å². The largest absolute Gasteiger partial charge is 0.385 e. The van der Waals surface area contributed by atoms with Crippen LogP contribution in [0.2, 0.25) is 0 Å². The molecule has 0 saturated carbocycles. The van der Waals surface area contributed by atoms with E-state index in [9.17, 15) is 5.11 Å². The summed E-state index contributed by atoms with van der Waals surface area (Å²) in [6, 6.07) is 0. The van der Waals surface area contributed by atoms with E-state index in [1.165, 1.54) is 0 Å². The molecule has 2 heteroatoms. The molecule has 1 rings (SSSR count). The highest BCUT2D eigenvalue weighted by Gasteiger charge is 2.21. The Morgan fingerprint density at radius 3 is 2.50 bits per heavy atom. The third kappa shape index (κ3) is 1.86. The molecule has 1 N–H and O–H groups in total. The van der Waals surface area contributed by atoms with Crippen molar-refractivity contribution >= 4 is 12.4 Å². The van der Waals surface area contributed by atoms with Crippen molar-refractivity contribution in [3.8, 4) is 0 Å². The summed E-state index contributed by atoms with van der Waals surface area (Å²) in [7, 11) is 0. The van der Waals surface area contributed by atoms with Crippen LogP contribution < -0.4 is 0 Å². The molecule has 1 atom stereocenters. The summed E-state index contributed by atoms with van der Waals surface area (Å²) < 4.78 is 0. The van der Waals surface area contributed by atoms with Crippen LogP contribution in [0, 0.1) is 0 Å². The number of hydrogen-bond donors (Lipinski definition) is 1. The molecule has 1 nitrogen and oxygen atoms in total. The Bertz CT molecular complexity index is 168. The summed E-state index contributed by atoms with van der Waals surface area (Å²) in [5.74, 6) is 0. The molecule has 0 aliphatic heterocycles. The van der Waals surface area contributed by atoms with Gasteiger partial charge in [0.15, 0.2) is 0 Å². The molecule has 0 bridgehead atoms. The van der Waals surface area contributed by atoms with Gasteiger partial charge in [-0.1, -0.05) is 18.2 Å². The van der Waals surface area contributed by atoms with Crippen molar-refractivity contribution in [2.45, 2.75) is 25.9 Å². The molecule has 0 heterocycles. The van der Waals surface area contributed by atoms with Crippen molar-refractivity contribution in [3.63, 3.8) is 0 Å². The van der Waals surface area contributed by atoms with E-state index >= 15 is 0 Å². The van der Waals surface area contributed by atoms with Gasteiger partial charge in [0.25, 0.3) is 0 Å². The van der Waals surface area contributed by atoms with Gasteiger partial charge in [0.1, 0.15) is 0 Å². The topological polar surface area (TPSA) is 20.2 Å². The predicted molar refractivity (Wildman–Crippen MR) is 45.4 cm³/mol. The van der Waals surface area contributed by atoms with Gasteiger partial charge in [0.05, 0.1) is 5.60 Å². The molecule has 0 fully saturated rings. The number of hydrogen-bond acceptors (Lipinski definition) is 1. The second-order valence-corrected chi connectivity index (χ2v) is 2.76. The van der Waals surface area contributed by atoms with Gasteiger partial charge in [0.2, 0.25) is 0 Å². The molecule has 1 unspecified atom stereocenters. The minimum Gasteiger partial charge on any atom is -0.385 e. The first kappa shape index (κ1) is 9.73. The average Bonchev–Trinajstić information content (AvgIpc) is 1.77. The molecule has 0 aromatic heterocycles. The lowest BCUT2D eigenvalue weighted by Crippen LogP contribution is -2.25. The normalized spacial score (nSPS) is 30.9. The van der Waals surface area contributed by atoms with E-state index in [0.29, 0.717) is 0 Å². The Balaban J connectivity index is 0.000000810. The standard InChI is InChI=1S/C8H12O.ClH/c1-7-5-3-4-6-8(7,2)9;/h3-5,9H,6H2,1-2H3;1H. The maximum Gasteiger partial charge on any atom is 0.0863 e. The van der Waals surface area contributed by atoms with Gasteiger partial charge in [-0.3, -0.25) is 0 Å². The first-order valence-electron chi connectivity index (χ1n) is 3.19. The van der Waals surface area contributed by atoms with Gasteiger partial charge in [0, 0.05) is 0 Å². The van der Waals surface area contributed by atoms with E-state index in [-0.39, 0.29) is 12.4 Å². The molecular formula is C8H13ClO. The monoisotopic (exact) mass is 160 g/mol. The molecule has 0 radical (unpaired) electrons. The highest BCUT2D eigenvalue weighted by Crippen LogP contribution is 2.23. The van der Waals surface area contributed by atoms with Crippen LogP contribution in [0.4, 0.5) is 0 Å². The van der Waals surface area contributed by atoms with Crippen molar-refractivity contribution in [2.75, 3.05) is 0 Å². The Labute approximate surface area is 67.9 Å². The first-order chi connectivity index (χ1) is 4.13. The molecule has 10 heavy (non-hydrogen) atoms. The summed E-state index contributed by atoms with van der Waals surface area (Å²) in [5, 5.41) is 9.52. The summed E-state index contributed by atoms with van der Waals surface area (Å²) in [4.78, 5) is 0. The van der Waals surface area contributed by atoms with Gasteiger partial charge < -0.3 is 5.11 Å². The zero-order valence-corrected chi connectivity index (χ0v) is 7.11. The molecular weight excluding hydrogens is 148 g/mol. The van der Waals surface area contributed by atoms with E-state index in [1.54, 1.807) is 0 Å².